The lowest BCUT2D eigenvalue weighted by molar-refractivity contribution is 0.147. The topological polar surface area (TPSA) is 116 Å². The minimum atomic E-state index is -3.45. The molecule has 0 unspecified atom stereocenters. The summed E-state index contributed by atoms with van der Waals surface area (Å²) in [5, 5.41) is -0.615. The summed E-state index contributed by atoms with van der Waals surface area (Å²) >= 11 is 0. The van der Waals surface area contributed by atoms with Crippen LogP contribution in [-0.4, -0.2) is 59.9 Å². The van der Waals surface area contributed by atoms with Gasteiger partial charge >= 0.3 is 0 Å². The molecule has 9 heteroatoms. The average Bonchev–Trinajstić information content (AvgIpc) is 2.28. The number of rotatable bonds is 7. The first kappa shape index (κ1) is 15.8. The molecule has 1 fully saturated rings. The minimum Gasteiger partial charge on any atom is -0.379 e. The zero-order chi connectivity index (χ0) is 13.6. The van der Waals surface area contributed by atoms with E-state index >= 15 is 0 Å². The van der Waals surface area contributed by atoms with Crippen molar-refractivity contribution >= 4 is 19.9 Å². The summed E-state index contributed by atoms with van der Waals surface area (Å²) in [6.07, 6.45) is 0.336. The molecule has 0 spiro atoms. The number of hydrogen-bond donors (Lipinski definition) is 2. The summed E-state index contributed by atoms with van der Waals surface area (Å²) < 4.78 is 53.6. The van der Waals surface area contributed by atoms with Gasteiger partial charge in [-0.2, -0.15) is 0 Å². The maximum absolute atomic E-state index is 11.8. The first-order valence-electron chi connectivity index (χ1n) is 5.84. The molecule has 1 aliphatic rings. The van der Waals surface area contributed by atoms with Gasteiger partial charge in [0.1, 0.15) is 9.84 Å². The minimum absolute atomic E-state index is 0.0533. The number of nitrogens with one attached hydrogen (secondary N) is 1. The van der Waals surface area contributed by atoms with Gasteiger partial charge in [0.05, 0.1) is 30.0 Å². The molecule has 108 valence electrons. The Kier molecular flexibility index (Phi) is 5.99. The van der Waals surface area contributed by atoms with Gasteiger partial charge in [-0.15, -0.1) is 0 Å². The first-order valence-corrected chi connectivity index (χ1v) is 9.21. The van der Waals surface area contributed by atoms with Crippen LogP contribution in [0.15, 0.2) is 0 Å². The fraction of sp³-hybridized carbons (Fsp3) is 1.00. The van der Waals surface area contributed by atoms with E-state index in [0.29, 0.717) is 13.2 Å². The highest BCUT2D eigenvalue weighted by Crippen LogP contribution is 2.18. The highest BCUT2D eigenvalue weighted by molar-refractivity contribution is 7.92. The van der Waals surface area contributed by atoms with Gasteiger partial charge in [0, 0.05) is 13.1 Å². The van der Waals surface area contributed by atoms with Gasteiger partial charge in [0.15, 0.2) is 0 Å². The fourth-order valence-electron chi connectivity index (χ4n) is 1.74. The molecule has 0 aliphatic carbocycles. The van der Waals surface area contributed by atoms with Crippen molar-refractivity contribution in [1.82, 2.24) is 4.72 Å². The zero-order valence-electron chi connectivity index (χ0n) is 10.2. The summed E-state index contributed by atoms with van der Waals surface area (Å²) in [5.74, 6) is -0.107. The number of hydrogen-bond acceptors (Lipinski definition) is 6. The smallest absolute Gasteiger partial charge is 0.214 e. The van der Waals surface area contributed by atoms with E-state index in [2.05, 4.69) is 4.72 Å². The summed E-state index contributed by atoms with van der Waals surface area (Å²) in [5.41, 5.74) is 5.22. The van der Waals surface area contributed by atoms with Gasteiger partial charge in [0.25, 0.3) is 0 Å². The molecule has 0 atom stereocenters. The largest absolute Gasteiger partial charge is 0.379 e. The number of nitrogens with two attached hydrogens (primary N) is 1. The van der Waals surface area contributed by atoms with Crippen molar-refractivity contribution in [2.45, 2.75) is 18.1 Å². The van der Waals surface area contributed by atoms with Crippen LogP contribution in [0.25, 0.3) is 0 Å². The third-order valence-electron chi connectivity index (χ3n) is 2.75. The lowest BCUT2D eigenvalue weighted by atomic mass is 10.2. The second kappa shape index (κ2) is 6.80. The van der Waals surface area contributed by atoms with Crippen LogP contribution in [0.4, 0.5) is 0 Å². The molecule has 1 saturated heterocycles. The SMILES string of the molecule is NCCOCCNS(=O)(=O)C1CCS(=O)(=O)CC1. The standard InChI is InChI=1S/C9H20N2O5S2/c10-3-5-16-6-4-11-18(14,15)9-1-7-17(12,13)8-2-9/h9,11H,1-8,10H2. The molecule has 0 aromatic rings. The van der Waals surface area contributed by atoms with Crippen LogP contribution in [-0.2, 0) is 24.6 Å². The Labute approximate surface area is 108 Å². The summed E-state index contributed by atoms with van der Waals surface area (Å²) in [6, 6.07) is 0. The molecular weight excluding hydrogens is 280 g/mol. The normalized spacial score (nSPS) is 20.9. The van der Waals surface area contributed by atoms with E-state index in [0.717, 1.165) is 0 Å². The molecule has 1 aliphatic heterocycles. The lowest BCUT2D eigenvalue weighted by Crippen LogP contribution is -2.41. The second-order valence-corrected chi connectivity index (χ2v) is 8.54. The highest BCUT2D eigenvalue weighted by Gasteiger charge is 2.32. The van der Waals surface area contributed by atoms with Crippen LogP contribution in [0.2, 0.25) is 0 Å². The van der Waals surface area contributed by atoms with E-state index in [-0.39, 0.29) is 37.5 Å². The lowest BCUT2D eigenvalue weighted by Gasteiger charge is -2.22. The van der Waals surface area contributed by atoms with Crippen LogP contribution in [0, 0.1) is 0 Å². The molecule has 0 bridgehead atoms. The van der Waals surface area contributed by atoms with Crippen LogP contribution >= 0.6 is 0 Å². The molecule has 0 radical (unpaired) electrons. The Morgan fingerprint density at radius 1 is 1.22 bits per heavy atom. The van der Waals surface area contributed by atoms with Crippen molar-refractivity contribution < 1.29 is 21.6 Å². The van der Waals surface area contributed by atoms with E-state index in [1.165, 1.54) is 0 Å². The van der Waals surface area contributed by atoms with E-state index in [9.17, 15) is 16.8 Å². The summed E-state index contributed by atoms with van der Waals surface area (Å²) in [4.78, 5) is 0. The van der Waals surface area contributed by atoms with Crippen molar-refractivity contribution in [1.29, 1.82) is 0 Å². The Morgan fingerprint density at radius 2 is 1.83 bits per heavy atom. The maximum Gasteiger partial charge on any atom is 0.214 e. The summed E-state index contributed by atoms with van der Waals surface area (Å²) in [6.45, 7) is 1.24. The zero-order valence-corrected chi connectivity index (χ0v) is 11.8. The number of sulfone groups is 1. The molecule has 3 N–H and O–H groups in total. The summed E-state index contributed by atoms with van der Waals surface area (Å²) in [7, 11) is -6.49. The van der Waals surface area contributed by atoms with E-state index in [4.69, 9.17) is 10.5 Å². The van der Waals surface area contributed by atoms with Gasteiger partial charge in [-0.3, -0.25) is 0 Å². The predicted molar refractivity (Wildman–Crippen MR) is 68.5 cm³/mol. The Balaban J connectivity index is 2.36. The van der Waals surface area contributed by atoms with Crippen LogP contribution in [0.1, 0.15) is 12.8 Å². The highest BCUT2D eigenvalue weighted by atomic mass is 32.2. The van der Waals surface area contributed by atoms with Crippen LogP contribution in [0.3, 0.4) is 0 Å². The van der Waals surface area contributed by atoms with Crippen LogP contribution < -0.4 is 10.5 Å². The van der Waals surface area contributed by atoms with Crippen molar-refractivity contribution in [2.75, 3.05) is 37.8 Å². The first-order chi connectivity index (χ1) is 8.37. The average molecular weight is 300 g/mol. The molecular formula is C9H20N2O5S2. The van der Waals surface area contributed by atoms with E-state index < -0.39 is 25.1 Å². The molecule has 0 saturated carbocycles. The van der Waals surface area contributed by atoms with E-state index in [1.807, 2.05) is 0 Å². The van der Waals surface area contributed by atoms with Gasteiger partial charge in [-0.1, -0.05) is 0 Å². The van der Waals surface area contributed by atoms with Crippen molar-refractivity contribution in [3.8, 4) is 0 Å². The predicted octanol–water partition coefficient (Wildman–Crippen LogP) is -1.54. The Hall–Kier alpha value is -0.220. The Morgan fingerprint density at radius 3 is 2.39 bits per heavy atom. The molecule has 7 nitrogen and oxygen atoms in total. The fourth-order valence-corrected chi connectivity index (χ4v) is 4.99. The molecule has 1 heterocycles. The molecule has 1 rings (SSSR count). The molecule has 0 aromatic carbocycles. The third-order valence-corrected chi connectivity index (χ3v) is 6.42. The molecule has 0 aromatic heterocycles. The van der Waals surface area contributed by atoms with Crippen LogP contribution in [0.5, 0.6) is 0 Å². The second-order valence-electron chi connectivity index (χ2n) is 4.19. The number of sulfonamides is 1. The monoisotopic (exact) mass is 300 g/mol. The van der Waals surface area contributed by atoms with Gasteiger partial charge in [0.2, 0.25) is 10.0 Å². The van der Waals surface area contributed by atoms with Gasteiger partial charge in [-0.05, 0) is 12.8 Å². The van der Waals surface area contributed by atoms with E-state index in [1.54, 1.807) is 0 Å². The molecule has 0 amide bonds. The third kappa shape index (κ3) is 5.19. The van der Waals surface area contributed by atoms with Gasteiger partial charge in [-0.25, -0.2) is 21.6 Å². The van der Waals surface area contributed by atoms with Gasteiger partial charge < -0.3 is 10.5 Å². The quantitative estimate of drug-likeness (QED) is 0.550. The van der Waals surface area contributed by atoms with Crippen molar-refractivity contribution in [2.24, 2.45) is 5.73 Å². The van der Waals surface area contributed by atoms with Crippen molar-refractivity contribution in [3.63, 3.8) is 0 Å². The molecule has 18 heavy (non-hydrogen) atoms. The maximum atomic E-state index is 11.8. The Bertz CT molecular complexity index is 432. The number of ether oxygens (including phenoxy) is 1. The van der Waals surface area contributed by atoms with Crippen molar-refractivity contribution in [3.05, 3.63) is 0 Å².